The van der Waals surface area contributed by atoms with Crippen molar-refractivity contribution >= 4 is 11.8 Å². The molecule has 1 aliphatic heterocycles. The highest BCUT2D eigenvalue weighted by atomic mass is 32.2. The summed E-state index contributed by atoms with van der Waals surface area (Å²) in [6, 6.07) is 0.742. The Morgan fingerprint density at radius 3 is 2.32 bits per heavy atom. The summed E-state index contributed by atoms with van der Waals surface area (Å²) in [5.74, 6) is 2.61. The molecule has 1 saturated heterocycles. The molecule has 0 aromatic rings. The van der Waals surface area contributed by atoms with E-state index in [0.29, 0.717) is 5.41 Å². The monoisotopic (exact) mass is 286 g/mol. The molecule has 19 heavy (non-hydrogen) atoms. The van der Waals surface area contributed by atoms with Crippen LogP contribution >= 0.6 is 11.8 Å². The zero-order valence-electron chi connectivity index (χ0n) is 13.9. The van der Waals surface area contributed by atoms with Crippen molar-refractivity contribution in [3.05, 3.63) is 0 Å². The van der Waals surface area contributed by atoms with Crippen LogP contribution in [0.25, 0.3) is 0 Å². The molecule has 0 aromatic heterocycles. The number of nitrogens with one attached hydrogen (secondary N) is 1. The van der Waals surface area contributed by atoms with Gasteiger partial charge in [0, 0.05) is 42.7 Å². The zero-order chi connectivity index (χ0) is 14.5. The summed E-state index contributed by atoms with van der Waals surface area (Å²) in [6.45, 7) is 17.6. The smallest absolute Gasteiger partial charge is 0.0158 e. The molecule has 2 nitrogen and oxygen atoms in total. The van der Waals surface area contributed by atoms with Gasteiger partial charge in [-0.1, -0.05) is 13.8 Å². The van der Waals surface area contributed by atoms with E-state index in [4.69, 9.17) is 0 Å². The Hall–Kier alpha value is 0.270. The highest BCUT2D eigenvalue weighted by Crippen LogP contribution is 2.30. The van der Waals surface area contributed by atoms with Gasteiger partial charge >= 0.3 is 0 Å². The predicted octanol–water partition coefficient (Wildman–Crippen LogP) is 3.62. The fourth-order valence-electron chi connectivity index (χ4n) is 2.66. The van der Waals surface area contributed by atoms with Gasteiger partial charge in [0.2, 0.25) is 0 Å². The largest absolute Gasteiger partial charge is 0.311 e. The normalized spacial score (nSPS) is 22.7. The van der Waals surface area contributed by atoms with E-state index in [0.717, 1.165) is 12.6 Å². The lowest BCUT2D eigenvalue weighted by Gasteiger charge is -2.43. The Balaban J connectivity index is 2.64. The maximum atomic E-state index is 3.74. The highest BCUT2D eigenvalue weighted by molar-refractivity contribution is 7.99. The lowest BCUT2D eigenvalue weighted by molar-refractivity contribution is 0.108. The molecule has 3 heteroatoms. The summed E-state index contributed by atoms with van der Waals surface area (Å²) < 4.78 is 0. The van der Waals surface area contributed by atoms with E-state index in [1.54, 1.807) is 0 Å². The van der Waals surface area contributed by atoms with Gasteiger partial charge in [-0.25, -0.2) is 0 Å². The van der Waals surface area contributed by atoms with Crippen LogP contribution in [0, 0.1) is 5.41 Å². The third-order valence-corrected chi connectivity index (χ3v) is 5.73. The second-order valence-electron chi connectivity index (χ2n) is 7.21. The average Bonchev–Trinajstić information content (AvgIpc) is 2.36. The molecule has 1 aliphatic rings. The van der Waals surface area contributed by atoms with Crippen molar-refractivity contribution in [2.24, 2.45) is 5.41 Å². The lowest BCUT2D eigenvalue weighted by Crippen LogP contribution is -2.52. The van der Waals surface area contributed by atoms with Crippen LogP contribution in [0.1, 0.15) is 54.4 Å². The molecule has 0 saturated carbocycles. The lowest BCUT2D eigenvalue weighted by atomic mass is 9.80. The zero-order valence-corrected chi connectivity index (χ0v) is 14.7. The van der Waals surface area contributed by atoms with Gasteiger partial charge < -0.3 is 5.32 Å². The summed E-state index contributed by atoms with van der Waals surface area (Å²) in [5, 5.41) is 3.74. The van der Waals surface area contributed by atoms with Gasteiger partial charge in [0.1, 0.15) is 0 Å². The van der Waals surface area contributed by atoms with E-state index in [9.17, 15) is 0 Å². The van der Waals surface area contributed by atoms with E-state index < -0.39 is 0 Å². The van der Waals surface area contributed by atoms with Gasteiger partial charge in [0.05, 0.1) is 0 Å². The molecule has 114 valence electrons. The summed E-state index contributed by atoms with van der Waals surface area (Å²) in [5.41, 5.74) is 0.655. The third-order valence-electron chi connectivity index (χ3n) is 4.54. The number of hydrogen-bond acceptors (Lipinski definition) is 3. The topological polar surface area (TPSA) is 15.3 Å². The fourth-order valence-corrected chi connectivity index (χ4v) is 3.74. The molecular weight excluding hydrogens is 252 g/mol. The SMILES string of the molecule is CCC(CC)(CNC(C)(C)C)CN1CCSCC1C. The van der Waals surface area contributed by atoms with E-state index in [1.165, 1.54) is 37.4 Å². The van der Waals surface area contributed by atoms with Gasteiger partial charge in [-0.05, 0) is 46.0 Å². The van der Waals surface area contributed by atoms with Crippen molar-refractivity contribution in [1.82, 2.24) is 10.2 Å². The van der Waals surface area contributed by atoms with E-state index in [2.05, 4.69) is 63.5 Å². The minimum atomic E-state index is 0.221. The van der Waals surface area contributed by atoms with Gasteiger partial charge in [-0.3, -0.25) is 4.90 Å². The second kappa shape index (κ2) is 7.33. The molecule has 1 N–H and O–H groups in total. The molecule has 1 rings (SSSR count). The van der Waals surface area contributed by atoms with Crippen LogP contribution in [0.3, 0.4) is 0 Å². The minimum absolute atomic E-state index is 0.221. The molecule has 0 bridgehead atoms. The molecule has 0 radical (unpaired) electrons. The van der Waals surface area contributed by atoms with Gasteiger partial charge in [-0.15, -0.1) is 0 Å². The van der Waals surface area contributed by atoms with Gasteiger partial charge in [0.25, 0.3) is 0 Å². The molecule has 1 fully saturated rings. The van der Waals surface area contributed by atoms with Crippen LogP contribution in [-0.4, -0.2) is 47.6 Å². The standard InChI is InChI=1S/C16H34N2S/c1-7-16(8-2,12-17-15(4,5)6)13-18-9-10-19-11-14(18)3/h14,17H,7-13H2,1-6H3. The molecule has 0 spiro atoms. The molecule has 0 aliphatic carbocycles. The maximum absolute atomic E-state index is 3.74. The first-order valence-electron chi connectivity index (χ1n) is 7.89. The summed E-state index contributed by atoms with van der Waals surface area (Å²) in [4.78, 5) is 2.72. The van der Waals surface area contributed by atoms with E-state index in [-0.39, 0.29) is 5.54 Å². The number of nitrogens with zero attached hydrogens (tertiary/aromatic N) is 1. The highest BCUT2D eigenvalue weighted by Gasteiger charge is 2.32. The Morgan fingerprint density at radius 1 is 1.21 bits per heavy atom. The average molecular weight is 287 g/mol. The third kappa shape index (κ3) is 5.65. The number of hydrogen-bond donors (Lipinski definition) is 1. The molecular formula is C16H34N2S. The Labute approximate surface area is 125 Å². The Bertz CT molecular complexity index is 256. The van der Waals surface area contributed by atoms with Crippen LogP contribution < -0.4 is 5.32 Å². The number of rotatable bonds is 6. The minimum Gasteiger partial charge on any atom is -0.311 e. The van der Waals surface area contributed by atoms with Crippen molar-refractivity contribution < 1.29 is 0 Å². The maximum Gasteiger partial charge on any atom is 0.0158 e. The quantitative estimate of drug-likeness (QED) is 0.803. The van der Waals surface area contributed by atoms with Crippen molar-refractivity contribution in [3.63, 3.8) is 0 Å². The van der Waals surface area contributed by atoms with Crippen LogP contribution in [0.2, 0.25) is 0 Å². The Kier molecular flexibility index (Phi) is 6.68. The first-order valence-corrected chi connectivity index (χ1v) is 9.04. The summed E-state index contributed by atoms with van der Waals surface area (Å²) >= 11 is 2.11. The molecule has 1 atom stereocenters. The van der Waals surface area contributed by atoms with Crippen LogP contribution in [0.15, 0.2) is 0 Å². The summed E-state index contributed by atoms with van der Waals surface area (Å²) in [7, 11) is 0. The first kappa shape index (κ1) is 17.3. The van der Waals surface area contributed by atoms with Crippen molar-refractivity contribution in [3.8, 4) is 0 Å². The Morgan fingerprint density at radius 2 is 1.84 bits per heavy atom. The van der Waals surface area contributed by atoms with Crippen molar-refractivity contribution in [1.29, 1.82) is 0 Å². The van der Waals surface area contributed by atoms with E-state index >= 15 is 0 Å². The fraction of sp³-hybridized carbons (Fsp3) is 1.00. The molecule has 1 heterocycles. The molecule has 0 amide bonds. The summed E-state index contributed by atoms with van der Waals surface area (Å²) in [6.07, 6.45) is 2.53. The van der Waals surface area contributed by atoms with Gasteiger partial charge in [0.15, 0.2) is 0 Å². The second-order valence-corrected chi connectivity index (χ2v) is 8.35. The van der Waals surface area contributed by atoms with Crippen LogP contribution in [-0.2, 0) is 0 Å². The van der Waals surface area contributed by atoms with E-state index in [1.807, 2.05) is 0 Å². The van der Waals surface area contributed by atoms with Crippen LogP contribution in [0.4, 0.5) is 0 Å². The van der Waals surface area contributed by atoms with Gasteiger partial charge in [-0.2, -0.15) is 11.8 Å². The predicted molar refractivity (Wildman–Crippen MR) is 89.1 cm³/mol. The van der Waals surface area contributed by atoms with Crippen LogP contribution in [0.5, 0.6) is 0 Å². The molecule has 1 unspecified atom stereocenters. The first-order chi connectivity index (χ1) is 8.82. The molecule has 0 aromatic carbocycles. The van der Waals surface area contributed by atoms with Crippen molar-refractivity contribution in [2.75, 3.05) is 31.1 Å². The number of thioether (sulfide) groups is 1. The van der Waals surface area contributed by atoms with Crippen molar-refractivity contribution in [2.45, 2.75) is 66.0 Å².